The summed E-state index contributed by atoms with van der Waals surface area (Å²) in [6.45, 7) is 10.1. The summed E-state index contributed by atoms with van der Waals surface area (Å²) in [5, 5.41) is 0. The summed E-state index contributed by atoms with van der Waals surface area (Å²) < 4.78 is 16.3. The molecule has 5 nitrogen and oxygen atoms in total. The molecule has 2 N–H and O–H groups in total. The summed E-state index contributed by atoms with van der Waals surface area (Å²) in [6, 6.07) is 2.92. The van der Waals surface area contributed by atoms with Crippen LogP contribution in [0, 0.1) is 5.92 Å². The maximum absolute atomic E-state index is 12.1. The molecule has 21 heavy (non-hydrogen) atoms. The van der Waals surface area contributed by atoms with Gasteiger partial charge >= 0.3 is 5.97 Å². The highest BCUT2D eigenvalue weighted by molar-refractivity contribution is 5.79. The zero-order valence-electron chi connectivity index (χ0n) is 13.2. The largest absolute Gasteiger partial charge is 0.454 e. The Morgan fingerprint density at radius 1 is 1.24 bits per heavy atom. The molecule has 0 aromatic heterocycles. The fourth-order valence-electron chi connectivity index (χ4n) is 2.04. The van der Waals surface area contributed by atoms with Crippen LogP contribution in [0.2, 0.25) is 0 Å². The Morgan fingerprint density at radius 2 is 1.81 bits per heavy atom. The van der Waals surface area contributed by atoms with Crippen LogP contribution in [-0.4, -0.2) is 18.8 Å². The molecular formula is C16H23NO4. The number of esters is 1. The highest BCUT2D eigenvalue weighted by atomic mass is 16.7. The van der Waals surface area contributed by atoms with Crippen LogP contribution >= 0.6 is 0 Å². The van der Waals surface area contributed by atoms with E-state index in [2.05, 4.69) is 0 Å². The highest BCUT2D eigenvalue weighted by Crippen LogP contribution is 2.42. The first-order valence-electron chi connectivity index (χ1n) is 7.11. The van der Waals surface area contributed by atoms with E-state index in [1.54, 1.807) is 6.07 Å². The van der Waals surface area contributed by atoms with Gasteiger partial charge in [0.25, 0.3) is 0 Å². The molecule has 5 heteroatoms. The summed E-state index contributed by atoms with van der Waals surface area (Å²) in [6.07, 6.45) is 0. The lowest BCUT2D eigenvalue weighted by Gasteiger charge is -2.23. The van der Waals surface area contributed by atoms with Crippen molar-refractivity contribution in [1.29, 1.82) is 0 Å². The predicted molar refractivity (Wildman–Crippen MR) is 79.7 cm³/mol. The Hall–Kier alpha value is -1.75. The topological polar surface area (TPSA) is 70.8 Å². The van der Waals surface area contributed by atoms with Crippen LogP contribution in [0.3, 0.4) is 0 Å². The van der Waals surface area contributed by atoms with Crippen molar-refractivity contribution in [2.24, 2.45) is 11.7 Å². The molecule has 1 aliphatic heterocycles. The number of carbonyl (C=O) groups excluding carboxylic acids is 1. The molecule has 0 saturated heterocycles. The van der Waals surface area contributed by atoms with Crippen molar-refractivity contribution in [3.63, 3.8) is 0 Å². The zero-order valence-corrected chi connectivity index (χ0v) is 13.2. The third kappa shape index (κ3) is 3.29. The third-order valence-electron chi connectivity index (χ3n) is 3.48. The number of rotatable bonds is 3. The van der Waals surface area contributed by atoms with E-state index < -0.39 is 12.0 Å². The molecule has 0 saturated carbocycles. The molecule has 1 aromatic rings. The molecule has 1 unspecified atom stereocenters. The highest BCUT2D eigenvalue weighted by Gasteiger charge is 2.28. The van der Waals surface area contributed by atoms with E-state index in [-0.39, 0.29) is 18.1 Å². The number of carbonyl (C=O) groups is 1. The normalized spacial score (nSPS) is 15.2. The van der Waals surface area contributed by atoms with Gasteiger partial charge in [-0.1, -0.05) is 34.6 Å². The predicted octanol–water partition coefficient (Wildman–Crippen LogP) is 2.60. The second-order valence-corrected chi connectivity index (χ2v) is 6.64. The van der Waals surface area contributed by atoms with Gasteiger partial charge in [-0.2, -0.15) is 0 Å². The van der Waals surface area contributed by atoms with Gasteiger partial charge in [-0.3, -0.25) is 0 Å². The molecule has 0 aliphatic carbocycles. The van der Waals surface area contributed by atoms with Crippen molar-refractivity contribution >= 4 is 5.97 Å². The minimum absolute atomic E-state index is 0.0181. The molecule has 0 bridgehead atoms. The summed E-state index contributed by atoms with van der Waals surface area (Å²) in [7, 11) is 0. The molecule has 1 heterocycles. The van der Waals surface area contributed by atoms with E-state index in [9.17, 15) is 4.79 Å². The summed E-state index contributed by atoms with van der Waals surface area (Å²) in [5.41, 5.74) is 6.54. The molecule has 1 atom stereocenters. The maximum atomic E-state index is 12.1. The average molecular weight is 293 g/mol. The first-order chi connectivity index (χ1) is 9.70. The lowest BCUT2D eigenvalue weighted by Crippen LogP contribution is -2.39. The van der Waals surface area contributed by atoms with Crippen molar-refractivity contribution in [1.82, 2.24) is 0 Å². The lowest BCUT2D eigenvalue weighted by atomic mass is 9.86. The fourth-order valence-corrected chi connectivity index (χ4v) is 2.04. The molecule has 2 rings (SSSR count). The zero-order chi connectivity index (χ0) is 15.8. The second-order valence-electron chi connectivity index (χ2n) is 6.64. The lowest BCUT2D eigenvalue weighted by molar-refractivity contribution is -0.136. The van der Waals surface area contributed by atoms with Crippen molar-refractivity contribution in [3.8, 4) is 17.2 Å². The van der Waals surface area contributed by atoms with Crippen molar-refractivity contribution in [2.45, 2.75) is 46.1 Å². The standard InChI is InChI=1S/C16H23NO4/c1-9(2)14(17)15(18)21-11-7-13-12(19-8-20-13)6-10(11)16(3,4)5/h6-7,9,14H,8,17H2,1-5H3. The van der Waals surface area contributed by atoms with E-state index in [0.717, 1.165) is 5.56 Å². The molecule has 1 aliphatic rings. The first kappa shape index (κ1) is 15.6. The summed E-state index contributed by atoms with van der Waals surface area (Å²) >= 11 is 0. The second kappa shape index (κ2) is 5.56. The van der Waals surface area contributed by atoms with Crippen molar-refractivity contribution < 1.29 is 19.0 Å². The van der Waals surface area contributed by atoms with Crippen LogP contribution in [0.25, 0.3) is 0 Å². The fraction of sp³-hybridized carbons (Fsp3) is 0.562. The van der Waals surface area contributed by atoms with Gasteiger partial charge in [0.2, 0.25) is 6.79 Å². The monoisotopic (exact) mass is 293 g/mol. The number of nitrogens with two attached hydrogens (primary N) is 1. The third-order valence-corrected chi connectivity index (χ3v) is 3.48. The average Bonchev–Trinajstić information content (AvgIpc) is 2.82. The van der Waals surface area contributed by atoms with Crippen LogP contribution in [0.5, 0.6) is 17.2 Å². The molecule has 116 valence electrons. The van der Waals surface area contributed by atoms with Crippen LogP contribution in [0.15, 0.2) is 12.1 Å². The van der Waals surface area contributed by atoms with Crippen LogP contribution in [0.1, 0.15) is 40.2 Å². The SMILES string of the molecule is CC(C)C(N)C(=O)Oc1cc2c(cc1C(C)(C)C)OCO2. The van der Waals surface area contributed by atoms with Gasteiger partial charge in [-0.05, 0) is 17.4 Å². The molecule has 0 fully saturated rings. The van der Waals surface area contributed by atoms with Gasteiger partial charge in [-0.15, -0.1) is 0 Å². The van der Waals surface area contributed by atoms with Gasteiger partial charge in [0.15, 0.2) is 11.5 Å². The molecule has 0 spiro atoms. The molecule has 0 radical (unpaired) electrons. The van der Waals surface area contributed by atoms with Gasteiger partial charge < -0.3 is 19.9 Å². The molecule has 0 amide bonds. The number of hydrogen-bond donors (Lipinski definition) is 1. The Bertz CT molecular complexity index is 546. The maximum Gasteiger partial charge on any atom is 0.328 e. The van der Waals surface area contributed by atoms with Crippen molar-refractivity contribution in [2.75, 3.05) is 6.79 Å². The van der Waals surface area contributed by atoms with Crippen LogP contribution in [0.4, 0.5) is 0 Å². The van der Waals surface area contributed by atoms with Crippen LogP contribution < -0.4 is 19.9 Å². The first-order valence-corrected chi connectivity index (χ1v) is 7.11. The van der Waals surface area contributed by atoms with Gasteiger partial charge in [0.1, 0.15) is 11.8 Å². The minimum Gasteiger partial charge on any atom is -0.454 e. The van der Waals surface area contributed by atoms with E-state index in [1.807, 2.05) is 40.7 Å². The van der Waals surface area contributed by atoms with Gasteiger partial charge in [0.05, 0.1) is 0 Å². The van der Waals surface area contributed by atoms with Gasteiger partial charge in [0, 0.05) is 11.6 Å². The van der Waals surface area contributed by atoms with E-state index in [4.69, 9.17) is 19.9 Å². The number of hydrogen-bond acceptors (Lipinski definition) is 5. The van der Waals surface area contributed by atoms with E-state index >= 15 is 0 Å². The molecular weight excluding hydrogens is 270 g/mol. The molecule has 1 aromatic carbocycles. The summed E-state index contributed by atoms with van der Waals surface area (Å²) in [4.78, 5) is 12.1. The summed E-state index contributed by atoms with van der Waals surface area (Å²) in [5.74, 6) is 1.32. The number of benzene rings is 1. The van der Waals surface area contributed by atoms with Crippen molar-refractivity contribution in [3.05, 3.63) is 17.7 Å². The smallest absolute Gasteiger partial charge is 0.328 e. The Kier molecular flexibility index (Phi) is 4.14. The quantitative estimate of drug-likeness (QED) is 0.685. The van der Waals surface area contributed by atoms with E-state index in [1.165, 1.54) is 0 Å². The Labute approximate surface area is 125 Å². The van der Waals surface area contributed by atoms with Gasteiger partial charge in [-0.25, -0.2) is 4.79 Å². The minimum atomic E-state index is -0.650. The van der Waals surface area contributed by atoms with E-state index in [0.29, 0.717) is 17.2 Å². The number of ether oxygens (including phenoxy) is 3. The Balaban J connectivity index is 2.36. The van der Waals surface area contributed by atoms with Crippen LogP contribution in [-0.2, 0) is 10.2 Å². The number of fused-ring (bicyclic) bond motifs is 1. The Morgan fingerprint density at radius 3 is 2.33 bits per heavy atom.